The second kappa shape index (κ2) is 38.3. The first kappa shape index (κ1) is 69.3. The molecule has 18 atom stereocenters. The fourth-order valence-electron chi connectivity index (χ4n) is 11.2. The molecule has 4 saturated heterocycles. The second-order valence-corrected chi connectivity index (χ2v) is 26.5. The molecule has 9 unspecified atom stereocenters. The van der Waals surface area contributed by atoms with E-state index in [0.717, 1.165) is 105 Å². The van der Waals surface area contributed by atoms with Crippen LogP contribution in [0.2, 0.25) is 0 Å². The zero-order valence-electron chi connectivity index (χ0n) is 52.4. The number of ether oxygens (including phenoxy) is 15. The van der Waals surface area contributed by atoms with Gasteiger partial charge in [0, 0.05) is 53.0 Å². The third-order valence-electron chi connectivity index (χ3n) is 16.0. The van der Waals surface area contributed by atoms with Crippen LogP contribution in [0, 0.1) is 0 Å². The highest BCUT2D eigenvalue weighted by molar-refractivity contribution is 8.10. The fraction of sp³-hybridized carbons (Fsp3) is 0.676. The maximum Gasteiger partial charge on any atom is 0.191 e. The monoisotopic (exact) mass is 1240 g/mol. The zero-order valence-corrected chi connectivity index (χ0v) is 54.4. The first-order valence-electron chi connectivity index (χ1n) is 32.4. The second-order valence-electron chi connectivity index (χ2n) is 23.0. The van der Waals surface area contributed by atoms with Gasteiger partial charge in [-0.2, -0.15) is 0 Å². The Kier molecular flexibility index (Phi) is 30.8. The lowest BCUT2D eigenvalue weighted by Crippen LogP contribution is -2.69. The molecule has 8 rings (SSSR count). The summed E-state index contributed by atoms with van der Waals surface area (Å²) in [6, 6.07) is 34.8. The molecule has 0 saturated carbocycles. The minimum Gasteiger partial charge on any atom is -0.379 e. The standard InChI is InChI=1S/C68H102O16P2/c1-8-14-36-69-45-53-56(71-38-16-10-3)59(73-40-18-12-5)63(67(78-53)83-64-60(74-41-19-13-6)57(72-39-17-11-4)54(46-70-37-15-9-2)80-68(64)84-86(7)85)82-66-62(76-43-48-28-22-20-23-29-48)61(75-44-49-34-35-50-30-26-27-33-52(50)42-49)58-55(79-66)47-77-65(81-58)51-31-24-21-25-32-51/h20-35,42,53-68H,8-19,36-41,43-47,85H2,1-7H3/t53?,54?,55?,56-,57-,58-,59+,60+,61+,62?,63?,64?,65?,66+,67-,68-,86?/m1/s1. The summed E-state index contributed by atoms with van der Waals surface area (Å²) < 4.78 is 113. The van der Waals surface area contributed by atoms with Gasteiger partial charge in [-0.05, 0) is 73.2 Å². The minimum atomic E-state index is -1.18. The van der Waals surface area contributed by atoms with Crippen molar-refractivity contribution >= 4 is 27.5 Å². The molecule has 0 radical (unpaired) electrons. The normalized spacial score (nSPS) is 29.9. The van der Waals surface area contributed by atoms with Crippen molar-refractivity contribution in [3.05, 3.63) is 120 Å². The molecule has 86 heavy (non-hydrogen) atoms. The molecule has 480 valence electrons. The quantitative estimate of drug-likeness (QED) is 0.0308. The van der Waals surface area contributed by atoms with Gasteiger partial charge in [0.1, 0.15) is 73.2 Å². The van der Waals surface area contributed by atoms with E-state index in [1.807, 2.05) is 67.3 Å². The fourth-order valence-corrected chi connectivity index (χ4v) is 12.1. The minimum absolute atomic E-state index is 0.176. The van der Waals surface area contributed by atoms with E-state index in [1.165, 1.54) is 0 Å². The Morgan fingerprint density at radius 1 is 0.442 bits per heavy atom. The number of rotatable bonds is 39. The molecule has 4 aromatic rings. The van der Waals surface area contributed by atoms with Crippen LogP contribution in [0.15, 0.2) is 103 Å². The van der Waals surface area contributed by atoms with Crippen molar-refractivity contribution < 1.29 is 75.6 Å². The van der Waals surface area contributed by atoms with Gasteiger partial charge in [0.2, 0.25) is 0 Å². The molecule has 4 aliphatic rings. The summed E-state index contributed by atoms with van der Waals surface area (Å²) in [5.74, 6) is 0. The average Bonchev–Trinajstić information content (AvgIpc) is 1.05. The van der Waals surface area contributed by atoms with Gasteiger partial charge in [-0.25, -0.2) is 0 Å². The first-order chi connectivity index (χ1) is 42.3. The van der Waals surface area contributed by atoms with E-state index in [1.54, 1.807) is 0 Å². The molecule has 4 fully saturated rings. The lowest BCUT2D eigenvalue weighted by molar-refractivity contribution is -0.412. The molecular weight excluding hydrogens is 1130 g/mol. The summed E-state index contributed by atoms with van der Waals surface area (Å²) in [5.41, 5.74) is 2.83. The van der Waals surface area contributed by atoms with E-state index >= 15 is 0 Å². The highest BCUT2D eigenvalue weighted by atomic mass is 32.0. The molecule has 0 N–H and O–H groups in total. The van der Waals surface area contributed by atoms with Gasteiger partial charge in [0.15, 0.2) is 25.2 Å². The van der Waals surface area contributed by atoms with Crippen LogP contribution in [0.5, 0.6) is 0 Å². The highest BCUT2D eigenvalue weighted by Crippen LogP contribution is 2.47. The Hall–Kier alpha value is -2.64. The molecular formula is C68H102O16P2. The van der Waals surface area contributed by atoms with Crippen LogP contribution in [0.1, 0.15) is 142 Å². The van der Waals surface area contributed by atoms with E-state index in [4.69, 9.17) is 75.6 Å². The van der Waals surface area contributed by atoms with Crippen LogP contribution in [-0.4, -0.2) is 158 Å². The number of hydrogen-bond acceptors (Lipinski definition) is 16. The van der Waals surface area contributed by atoms with Crippen molar-refractivity contribution in [2.24, 2.45) is 0 Å². The SMILES string of the molecule is CCCCOCC1O[C@H](OC2[C@@H](OP(C)P)OC(COCCCC)[C@@H](OCCCC)[C@@H]2OCCCC)C(O[C@@H]2OC3COC(c4ccccc4)O[C@H]3[C@H](OCc3ccc4ccccc4c3)C2OCc2ccccc2)[C@@H](OCCCC)[C@@H]1OCCCC. The van der Waals surface area contributed by atoms with Gasteiger partial charge in [0.25, 0.3) is 0 Å². The highest BCUT2D eigenvalue weighted by Gasteiger charge is 2.58. The molecule has 4 heterocycles. The van der Waals surface area contributed by atoms with Gasteiger partial charge in [-0.3, -0.25) is 0 Å². The lowest BCUT2D eigenvalue weighted by Gasteiger charge is -2.52. The average molecular weight is 1240 g/mol. The largest absolute Gasteiger partial charge is 0.379 e. The maximum atomic E-state index is 7.70. The predicted molar refractivity (Wildman–Crippen MR) is 337 cm³/mol. The molecule has 0 aliphatic carbocycles. The van der Waals surface area contributed by atoms with E-state index in [2.05, 4.69) is 92.9 Å². The molecule has 0 spiro atoms. The van der Waals surface area contributed by atoms with Crippen LogP contribution in [0.3, 0.4) is 0 Å². The van der Waals surface area contributed by atoms with Gasteiger partial charge < -0.3 is 75.6 Å². The summed E-state index contributed by atoms with van der Waals surface area (Å²) in [5, 5.41) is 2.26. The molecule has 0 amide bonds. The van der Waals surface area contributed by atoms with Crippen molar-refractivity contribution in [2.45, 2.75) is 230 Å². The van der Waals surface area contributed by atoms with Crippen molar-refractivity contribution in [3.63, 3.8) is 0 Å². The Morgan fingerprint density at radius 2 is 0.919 bits per heavy atom. The predicted octanol–water partition coefficient (Wildman–Crippen LogP) is 13.6. The van der Waals surface area contributed by atoms with Gasteiger partial charge in [0.05, 0.1) is 33.0 Å². The Balaban J connectivity index is 1.24. The Bertz CT molecular complexity index is 2430. The molecule has 0 bridgehead atoms. The van der Waals surface area contributed by atoms with Crippen LogP contribution < -0.4 is 0 Å². The molecule has 18 heteroatoms. The van der Waals surface area contributed by atoms with Crippen molar-refractivity contribution in [3.8, 4) is 0 Å². The van der Waals surface area contributed by atoms with Crippen molar-refractivity contribution in [1.82, 2.24) is 0 Å². The summed E-state index contributed by atoms with van der Waals surface area (Å²) in [6.07, 6.45) is -1.98. The van der Waals surface area contributed by atoms with E-state index < -0.39 is 106 Å². The number of benzene rings is 4. The summed E-state index contributed by atoms with van der Waals surface area (Å²) >= 11 is 0. The number of fused-ring (bicyclic) bond motifs is 2. The lowest BCUT2D eigenvalue weighted by atomic mass is 9.95. The topological polar surface area (TPSA) is 148 Å². The van der Waals surface area contributed by atoms with Crippen molar-refractivity contribution in [1.29, 1.82) is 0 Å². The van der Waals surface area contributed by atoms with Gasteiger partial charge >= 0.3 is 0 Å². The van der Waals surface area contributed by atoms with Crippen LogP contribution >= 0.6 is 16.8 Å². The third-order valence-corrected chi connectivity index (χ3v) is 16.9. The molecule has 4 aliphatic heterocycles. The van der Waals surface area contributed by atoms with Crippen LogP contribution in [0.25, 0.3) is 10.8 Å². The summed E-state index contributed by atoms with van der Waals surface area (Å²) in [6.45, 7) is 19.1. The smallest absolute Gasteiger partial charge is 0.191 e. The van der Waals surface area contributed by atoms with Gasteiger partial charge in [-0.15, -0.1) is 0 Å². The Morgan fingerprint density at radius 3 is 1.49 bits per heavy atom. The maximum absolute atomic E-state index is 7.70. The van der Waals surface area contributed by atoms with Gasteiger partial charge in [-0.1, -0.05) is 186 Å². The molecule has 4 aromatic carbocycles. The number of unbranched alkanes of at least 4 members (excludes halogenated alkanes) is 6. The summed E-state index contributed by atoms with van der Waals surface area (Å²) in [4.78, 5) is 0. The van der Waals surface area contributed by atoms with Crippen LogP contribution in [0.4, 0.5) is 0 Å². The van der Waals surface area contributed by atoms with Crippen LogP contribution in [-0.2, 0) is 88.8 Å². The van der Waals surface area contributed by atoms with Crippen molar-refractivity contribution in [2.75, 3.05) is 66.1 Å². The van der Waals surface area contributed by atoms with E-state index in [-0.39, 0.29) is 33.0 Å². The third kappa shape index (κ3) is 20.4. The Labute approximate surface area is 517 Å². The first-order valence-corrected chi connectivity index (χ1v) is 35.7. The van der Waals surface area contributed by atoms with E-state index in [9.17, 15) is 0 Å². The summed E-state index contributed by atoms with van der Waals surface area (Å²) in [7, 11) is 1.74. The molecule has 16 nitrogen and oxygen atoms in total. The number of hydrogen-bond donors (Lipinski definition) is 0. The van der Waals surface area contributed by atoms with E-state index in [0.29, 0.717) is 39.6 Å². The molecule has 0 aromatic heterocycles. The zero-order chi connectivity index (χ0) is 60.3.